The quantitative estimate of drug-likeness (QED) is 0.891. The van der Waals surface area contributed by atoms with Gasteiger partial charge < -0.3 is 5.73 Å². The van der Waals surface area contributed by atoms with E-state index in [1.54, 1.807) is 0 Å². The van der Waals surface area contributed by atoms with Crippen molar-refractivity contribution in [3.05, 3.63) is 35.4 Å². The molecule has 3 atom stereocenters. The van der Waals surface area contributed by atoms with Crippen LogP contribution in [0.2, 0.25) is 0 Å². The van der Waals surface area contributed by atoms with Gasteiger partial charge in [0, 0.05) is 22.1 Å². The van der Waals surface area contributed by atoms with Crippen molar-refractivity contribution in [2.75, 3.05) is 0 Å². The van der Waals surface area contributed by atoms with Gasteiger partial charge in [-0.25, -0.2) is 0 Å². The lowest BCUT2D eigenvalue weighted by molar-refractivity contribution is 0.499. The Bertz CT molecular complexity index is 454. The Hall–Kier alpha value is -0.670. The van der Waals surface area contributed by atoms with Crippen LogP contribution in [0.3, 0.4) is 0 Å². The molecule has 2 nitrogen and oxygen atoms in total. The molecule has 1 aromatic carbocycles. The van der Waals surface area contributed by atoms with Gasteiger partial charge >= 0.3 is 0 Å². The molecule has 0 radical (unpaired) electrons. The second-order valence-electron chi connectivity index (χ2n) is 5.56. The average molecular weight is 263 g/mol. The molecule has 0 aliphatic heterocycles. The summed E-state index contributed by atoms with van der Waals surface area (Å²) in [5.74, 6) is 0. The highest BCUT2D eigenvalue weighted by atomic mass is 32.2. The summed E-state index contributed by atoms with van der Waals surface area (Å²) < 4.78 is 12.7. The smallest absolute Gasteiger partial charge is 0.0584 e. The fourth-order valence-corrected chi connectivity index (χ4v) is 5.43. The van der Waals surface area contributed by atoms with Crippen molar-refractivity contribution in [2.24, 2.45) is 5.73 Å². The molecule has 0 spiro atoms. The molecular weight excluding hydrogens is 242 g/mol. The minimum absolute atomic E-state index is 0.0241. The molecule has 3 rings (SSSR count). The molecule has 2 N–H and O–H groups in total. The molecule has 2 aliphatic carbocycles. The molecule has 1 saturated carbocycles. The van der Waals surface area contributed by atoms with Crippen LogP contribution in [-0.2, 0) is 17.2 Å². The van der Waals surface area contributed by atoms with E-state index >= 15 is 0 Å². The van der Waals surface area contributed by atoms with Gasteiger partial charge in [-0.15, -0.1) is 0 Å². The summed E-state index contributed by atoms with van der Waals surface area (Å²) in [6, 6.07) is 8.29. The molecule has 0 heterocycles. The van der Waals surface area contributed by atoms with Crippen molar-refractivity contribution in [2.45, 2.75) is 55.1 Å². The van der Waals surface area contributed by atoms with Crippen LogP contribution in [0, 0.1) is 0 Å². The Morgan fingerprint density at radius 1 is 1.11 bits per heavy atom. The van der Waals surface area contributed by atoms with Gasteiger partial charge in [0.15, 0.2) is 0 Å². The SMILES string of the molecule is NC1c2ccccc2CC1S(=O)C1CCCCC1. The lowest BCUT2D eigenvalue weighted by atomic mass is 10.0. The highest BCUT2D eigenvalue weighted by Gasteiger charge is 2.36. The Labute approximate surface area is 111 Å². The molecule has 0 bridgehead atoms. The number of rotatable bonds is 2. The third-order valence-electron chi connectivity index (χ3n) is 4.41. The Morgan fingerprint density at radius 2 is 1.83 bits per heavy atom. The van der Waals surface area contributed by atoms with E-state index in [1.807, 2.05) is 6.07 Å². The first-order valence-electron chi connectivity index (χ1n) is 7.00. The molecule has 3 unspecified atom stereocenters. The Kier molecular flexibility index (Phi) is 3.53. The van der Waals surface area contributed by atoms with Crippen molar-refractivity contribution in [3.63, 3.8) is 0 Å². The number of benzene rings is 1. The maximum Gasteiger partial charge on any atom is 0.0584 e. The van der Waals surface area contributed by atoms with Gasteiger partial charge in [-0.1, -0.05) is 43.5 Å². The summed E-state index contributed by atoms with van der Waals surface area (Å²) >= 11 is 0. The fourth-order valence-electron chi connectivity index (χ4n) is 3.36. The third-order valence-corrected chi connectivity index (χ3v) is 6.60. The van der Waals surface area contributed by atoms with E-state index in [-0.39, 0.29) is 11.3 Å². The highest BCUT2D eigenvalue weighted by molar-refractivity contribution is 7.86. The summed E-state index contributed by atoms with van der Waals surface area (Å²) in [5, 5.41) is 0.537. The first kappa shape index (κ1) is 12.4. The number of nitrogens with two attached hydrogens (primary N) is 1. The summed E-state index contributed by atoms with van der Waals surface area (Å²) in [4.78, 5) is 0. The Balaban J connectivity index is 1.77. The Morgan fingerprint density at radius 3 is 2.56 bits per heavy atom. The predicted molar refractivity (Wildman–Crippen MR) is 75.9 cm³/mol. The van der Waals surface area contributed by atoms with E-state index < -0.39 is 10.8 Å². The zero-order chi connectivity index (χ0) is 12.5. The first-order chi connectivity index (χ1) is 8.77. The van der Waals surface area contributed by atoms with Gasteiger partial charge in [-0.2, -0.15) is 0 Å². The highest BCUT2D eigenvalue weighted by Crippen LogP contribution is 2.35. The minimum Gasteiger partial charge on any atom is -0.323 e. The molecule has 98 valence electrons. The van der Waals surface area contributed by atoms with Gasteiger partial charge in [0.25, 0.3) is 0 Å². The second kappa shape index (κ2) is 5.14. The van der Waals surface area contributed by atoms with E-state index in [0.29, 0.717) is 5.25 Å². The minimum atomic E-state index is -0.763. The maximum atomic E-state index is 12.7. The van der Waals surface area contributed by atoms with Gasteiger partial charge in [-0.3, -0.25) is 4.21 Å². The molecule has 1 aromatic rings. The summed E-state index contributed by atoms with van der Waals surface area (Å²) in [7, 11) is -0.763. The molecule has 0 amide bonds. The van der Waals surface area contributed by atoms with Crippen molar-refractivity contribution in [1.29, 1.82) is 0 Å². The van der Waals surface area contributed by atoms with Gasteiger partial charge in [0.05, 0.1) is 5.25 Å². The first-order valence-corrected chi connectivity index (χ1v) is 8.28. The number of hydrogen-bond acceptors (Lipinski definition) is 2. The fraction of sp³-hybridized carbons (Fsp3) is 0.600. The van der Waals surface area contributed by atoms with Crippen LogP contribution < -0.4 is 5.73 Å². The normalized spacial score (nSPS) is 30.1. The van der Waals surface area contributed by atoms with Crippen molar-refractivity contribution in [3.8, 4) is 0 Å². The van der Waals surface area contributed by atoms with Crippen LogP contribution in [-0.4, -0.2) is 14.7 Å². The van der Waals surface area contributed by atoms with Crippen LogP contribution in [0.15, 0.2) is 24.3 Å². The van der Waals surface area contributed by atoms with Crippen molar-refractivity contribution >= 4 is 10.8 Å². The second-order valence-corrected chi connectivity index (χ2v) is 7.48. The zero-order valence-corrected chi connectivity index (χ0v) is 11.5. The molecule has 3 heteroatoms. The van der Waals surface area contributed by atoms with Crippen molar-refractivity contribution in [1.82, 2.24) is 0 Å². The van der Waals surface area contributed by atoms with E-state index in [9.17, 15) is 4.21 Å². The zero-order valence-electron chi connectivity index (χ0n) is 10.7. The van der Waals surface area contributed by atoms with Crippen LogP contribution in [0.1, 0.15) is 49.3 Å². The van der Waals surface area contributed by atoms with Gasteiger partial charge in [0.1, 0.15) is 0 Å². The summed E-state index contributed by atoms with van der Waals surface area (Å²) in [6.45, 7) is 0. The standard InChI is InChI=1S/C15H21NOS/c16-15-13-9-5-4-6-11(13)10-14(15)18(17)12-7-2-1-3-8-12/h4-6,9,12,14-15H,1-3,7-8,10,16H2. The van der Waals surface area contributed by atoms with E-state index in [4.69, 9.17) is 5.73 Å². The number of hydrogen-bond donors (Lipinski definition) is 1. The van der Waals surface area contributed by atoms with E-state index in [2.05, 4.69) is 18.2 Å². The monoisotopic (exact) mass is 263 g/mol. The largest absolute Gasteiger partial charge is 0.323 e. The number of fused-ring (bicyclic) bond motifs is 1. The van der Waals surface area contributed by atoms with E-state index in [1.165, 1.54) is 30.4 Å². The van der Waals surface area contributed by atoms with Crippen molar-refractivity contribution < 1.29 is 4.21 Å². The van der Waals surface area contributed by atoms with Gasteiger partial charge in [-0.05, 0) is 30.4 Å². The van der Waals surface area contributed by atoms with Crippen LogP contribution >= 0.6 is 0 Å². The molecule has 1 fully saturated rings. The van der Waals surface area contributed by atoms with Crippen LogP contribution in [0.25, 0.3) is 0 Å². The molecule has 18 heavy (non-hydrogen) atoms. The average Bonchev–Trinajstić information content (AvgIpc) is 2.77. The topological polar surface area (TPSA) is 43.1 Å². The molecular formula is C15H21NOS. The van der Waals surface area contributed by atoms with E-state index in [0.717, 1.165) is 19.3 Å². The lowest BCUT2D eigenvalue weighted by Crippen LogP contribution is -2.33. The summed E-state index contributed by atoms with van der Waals surface area (Å²) in [6.07, 6.45) is 6.96. The maximum absolute atomic E-state index is 12.7. The van der Waals surface area contributed by atoms with Gasteiger partial charge in [0.2, 0.25) is 0 Å². The molecule has 0 saturated heterocycles. The van der Waals surface area contributed by atoms with Crippen LogP contribution in [0.4, 0.5) is 0 Å². The van der Waals surface area contributed by atoms with Crippen LogP contribution in [0.5, 0.6) is 0 Å². The summed E-state index contributed by atoms with van der Waals surface area (Å²) in [5.41, 5.74) is 8.82. The third kappa shape index (κ3) is 2.14. The predicted octanol–water partition coefficient (Wildman–Crippen LogP) is 2.69. The lowest BCUT2D eigenvalue weighted by Gasteiger charge is -2.26. The molecule has 2 aliphatic rings. The molecule has 0 aromatic heterocycles.